The van der Waals surface area contributed by atoms with Crippen molar-refractivity contribution in [2.45, 2.75) is 0 Å². The van der Waals surface area contributed by atoms with Gasteiger partial charge in [0.05, 0.1) is 11.3 Å². The molecular formula is C10H5Br2FN2O. The molecule has 1 aromatic carbocycles. The van der Waals surface area contributed by atoms with Crippen LogP contribution in [0.3, 0.4) is 0 Å². The molecule has 0 aliphatic rings. The molecule has 2 rings (SSSR count). The lowest BCUT2D eigenvalue weighted by molar-refractivity contribution is 0.112. The fraction of sp³-hybridized carbons (Fsp3) is 0. The summed E-state index contributed by atoms with van der Waals surface area (Å²) in [7, 11) is 0. The van der Waals surface area contributed by atoms with Crippen LogP contribution in [0.2, 0.25) is 0 Å². The minimum absolute atomic E-state index is 0.358. The number of aldehydes is 1. The predicted octanol–water partition coefficient (Wildman–Crippen LogP) is 3.35. The van der Waals surface area contributed by atoms with Crippen molar-refractivity contribution in [1.29, 1.82) is 0 Å². The number of hydrogen-bond donors (Lipinski definition) is 0. The van der Waals surface area contributed by atoms with E-state index in [1.165, 1.54) is 16.8 Å². The smallest absolute Gasteiger partial charge is 0.155 e. The number of benzene rings is 1. The Morgan fingerprint density at radius 2 is 2.12 bits per heavy atom. The van der Waals surface area contributed by atoms with Gasteiger partial charge in [0.15, 0.2) is 6.29 Å². The van der Waals surface area contributed by atoms with E-state index >= 15 is 0 Å². The van der Waals surface area contributed by atoms with Crippen LogP contribution in [0, 0.1) is 5.82 Å². The first-order valence-corrected chi connectivity index (χ1v) is 5.87. The molecule has 0 fully saturated rings. The van der Waals surface area contributed by atoms with E-state index in [0.717, 1.165) is 0 Å². The average molecular weight is 348 g/mol. The summed E-state index contributed by atoms with van der Waals surface area (Å²) in [6.45, 7) is 0. The third-order valence-electron chi connectivity index (χ3n) is 1.99. The Bertz CT molecular complexity index is 554. The minimum atomic E-state index is -0.358. The number of hydrogen-bond acceptors (Lipinski definition) is 2. The van der Waals surface area contributed by atoms with Crippen molar-refractivity contribution in [2.75, 3.05) is 0 Å². The average Bonchev–Trinajstić information content (AvgIpc) is 2.54. The standard InChI is InChI=1S/C10H5Br2FN2O/c11-9-8(5-16)10(12)15(14-9)7-3-1-2-6(13)4-7/h1-5H. The Morgan fingerprint density at radius 1 is 1.38 bits per heavy atom. The third kappa shape index (κ3) is 1.94. The van der Waals surface area contributed by atoms with Gasteiger partial charge in [0.25, 0.3) is 0 Å². The fourth-order valence-electron chi connectivity index (χ4n) is 1.26. The van der Waals surface area contributed by atoms with Gasteiger partial charge in [0.2, 0.25) is 0 Å². The summed E-state index contributed by atoms with van der Waals surface area (Å²) < 4.78 is 15.4. The number of rotatable bonds is 2. The van der Waals surface area contributed by atoms with E-state index in [-0.39, 0.29) is 5.82 Å². The van der Waals surface area contributed by atoms with Crippen LogP contribution in [-0.4, -0.2) is 16.1 Å². The Balaban J connectivity index is 2.61. The number of aromatic nitrogens is 2. The first-order valence-electron chi connectivity index (χ1n) is 4.28. The zero-order chi connectivity index (χ0) is 11.7. The second kappa shape index (κ2) is 4.47. The Hall–Kier alpha value is -1.01. The molecule has 2 aromatic rings. The molecule has 0 unspecified atom stereocenters. The summed E-state index contributed by atoms with van der Waals surface area (Å²) >= 11 is 6.40. The maximum atomic E-state index is 13.0. The SMILES string of the molecule is O=Cc1c(Br)nn(-c2cccc(F)c2)c1Br. The van der Waals surface area contributed by atoms with E-state index in [1.54, 1.807) is 12.1 Å². The van der Waals surface area contributed by atoms with E-state index in [0.29, 0.717) is 26.7 Å². The molecule has 0 spiro atoms. The highest BCUT2D eigenvalue weighted by molar-refractivity contribution is 9.11. The molecule has 0 aliphatic carbocycles. The van der Waals surface area contributed by atoms with Crippen LogP contribution >= 0.6 is 31.9 Å². The Kier molecular flexibility index (Phi) is 3.20. The van der Waals surface area contributed by atoms with Crippen molar-refractivity contribution in [3.8, 4) is 5.69 Å². The van der Waals surface area contributed by atoms with Gasteiger partial charge in [-0.3, -0.25) is 4.79 Å². The first kappa shape index (κ1) is 11.5. The van der Waals surface area contributed by atoms with Crippen LogP contribution in [0.5, 0.6) is 0 Å². The number of carbonyl (C=O) groups is 1. The topological polar surface area (TPSA) is 34.9 Å². The van der Waals surface area contributed by atoms with Crippen LogP contribution in [0.1, 0.15) is 10.4 Å². The van der Waals surface area contributed by atoms with Crippen LogP contribution in [0.25, 0.3) is 5.69 Å². The highest BCUT2D eigenvalue weighted by Crippen LogP contribution is 2.26. The normalized spacial score (nSPS) is 10.4. The molecule has 82 valence electrons. The van der Waals surface area contributed by atoms with E-state index in [9.17, 15) is 9.18 Å². The number of nitrogens with zero attached hydrogens (tertiary/aromatic N) is 2. The molecule has 0 amide bonds. The molecule has 0 saturated heterocycles. The van der Waals surface area contributed by atoms with Crippen LogP contribution in [0.15, 0.2) is 33.5 Å². The minimum Gasteiger partial charge on any atom is -0.298 e. The summed E-state index contributed by atoms with van der Waals surface area (Å²) in [5, 5.41) is 4.08. The predicted molar refractivity (Wildman–Crippen MR) is 64.3 cm³/mol. The van der Waals surface area contributed by atoms with Gasteiger partial charge in [-0.1, -0.05) is 6.07 Å². The van der Waals surface area contributed by atoms with Gasteiger partial charge in [0.1, 0.15) is 15.0 Å². The third-order valence-corrected chi connectivity index (χ3v) is 3.34. The zero-order valence-electron chi connectivity index (χ0n) is 7.82. The summed E-state index contributed by atoms with van der Waals surface area (Å²) in [5.74, 6) is -0.358. The van der Waals surface area contributed by atoms with E-state index in [1.807, 2.05) is 0 Å². The van der Waals surface area contributed by atoms with Crippen molar-refractivity contribution >= 4 is 38.1 Å². The Morgan fingerprint density at radius 3 is 2.69 bits per heavy atom. The number of halogens is 3. The molecule has 0 aliphatic heterocycles. The van der Waals surface area contributed by atoms with Crippen LogP contribution < -0.4 is 0 Å². The summed E-state index contributed by atoms with van der Waals surface area (Å²) in [6.07, 6.45) is 0.678. The second-order valence-corrected chi connectivity index (χ2v) is 4.51. The van der Waals surface area contributed by atoms with Gasteiger partial charge >= 0.3 is 0 Å². The van der Waals surface area contributed by atoms with E-state index in [4.69, 9.17) is 0 Å². The highest BCUT2D eigenvalue weighted by Gasteiger charge is 2.14. The lowest BCUT2D eigenvalue weighted by Crippen LogP contribution is -1.97. The molecule has 6 heteroatoms. The maximum absolute atomic E-state index is 13.0. The van der Waals surface area contributed by atoms with Crippen molar-refractivity contribution in [3.63, 3.8) is 0 Å². The first-order chi connectivity index (χ1) is 7.63. The fourth-order valence-corrected chi connectivity index (χ4v) is 2.53. The van der Waals surface area contributed by atoms with Gasteiger partial charge in [-0.15, -0.1) is 0 Å². The molecule has 1 aromatic heterocycles. The quantitative estimate of drug-likeness (QED) is 0.781. The summed E-state index contributed by atoms with van der Waals surface area (Å²) in [6, 6.07) is 5.95. The molecule has 0 atom stereocenters. The zero-order valence-corrected chi connectivity index (χ0v) is 11.0. The van der Waals surface area contributed by atoms with Gasteiger partial charge in [-0.25, -0.2) is 9.07 Å². The molecule has 16 heavy (non-hydrogen) atoms. The second-order valence-electron chi connectivity index (χ2n) is 3.00. The lowest BCUT2D eigenvalue weighted by Gasteiger charge is -2.02. The van der Waals surface area contributed by atoms with Gasteiger partial charge in [-0.05, 0) is 50.1 Å². The van der Waals surface area contributed by atoms with Gasteiger partial charge in [0, 0.05) is 0 Å². The monoisotopic (exact) mass is 346 g/mol. The summed E-state index contributed by atoms with van der Waals surface area (Å²) in [5.41, 5.74) is 0.935. The highest BCUT2D eigenvalue weighted by atomic mass is 79.9. The maximum Gasteiger partial charge on any atom is 0.155 e. The molecule has 0 bridgehead atoms. The van der Waals surface area contributed by atoms with Crippen LogP contribution in [-0.2, 0) is 0 Å². The molecule has 3 nitrogen and oxygen atoms in total. The Labute approximate surface area is 108 Å². The van der Waals surface area contributed by atoms with Gasteiger partial charge < -0.3 is 0 Å². The molecule has 0 N–H and O–H groups in total. The molecule has 0 radical (unpaired) electrons. The largest absolute Gasteiger partial charge is 0.298 e. The lowest BCUT2D eigenvalue weighted by atomic mass is 10.3. The molecular weight excluding hydrogens is 343 g/mol. The van der Waals surface area contributed by atoms with Crippen molar-refractivity contribution in [2.24, 2.45) is 0 Å². The molecule has 1 heterocycles. The van der Waals surface area contributed by atoms with Crippen molar-refractivity contribution in [3.05, 3.63) is 44.9 Å². The van der Waals surface area contributed by atoms with E-state index < -0.39 is 0 Å². The van der Waals surface area contributed by atoms with E-state index in [2.05, 4.69) is 37.0 Å². The van der Waals surface area contributed by atoms with Crippen molar-refractivity contribution < 1.29 is 9.18 Å². The van der Waals surface area contributed by atoms with Crippen molar-refractivity contribution in [1.82, 2.24) is 9.78 Å². The van der Waals surface area contributed by atoms with Gasteiger partial charge in [-0.2, -0.15) is 5.10 Å². The van der Waals surface area contributed by atoms with Crippen LogP contribution in [0.4, 0.5) is 4.39 Å². The summed E-state index contributed by atoms with van der Waals surface area (Å²) in [4.78, 5) is 10.8. The molecule has 0 saturated carbocycles. The number of carbonyl (C=O) groups excluding carboxylic acids is 1.